The summed E-state index contributed by atoms with van der Waals surface area (Å²) in [6.07, 6.45) is -2.97. The van der Waals surface area contributed by atoms with Gasteiger partial charge >= 0.3 is 6.18 Å². The summed E-state index contributed by atoms with van der Waals surface area (Å²) in [5.74, 6) is 0.217. The van der Waals surface area contributed by atoms with Crippen LogP contribution < -0.4 is 14.5 Å². The number of amides is 1. The number of hydrogen-bond acceptors (Lipinski definition) is 5. The second-order valence-corrected chi connectivity index (χ2v) is 9.18. The lowest BCUT2D eigenvalue weighted by Crippen LogP contribution is -2.37. The van der Waals surface area contributed by atoms with Gasteiger partial charge in [0, 0.05) is 23.9 Å². The highest BCUT2D eigenvalue weighted by Gasteiger charge is 2.38. The van der Waals surface area contributed by atoms with Crippen LogP contribution in [0.25, 0.3) is 15.3 Å². The first-order chi connectivity index (χ1) is 15.5. The van der Waals surface area contributed by atoms with E-state index in [-0.39, 0.29) is 21.6 Å². The van der Waals surface area contributed by atoms with Gasteiger partial charge in [-0.05, 0) is 30.3 Å². The fourth-order valence-corrected chi connectivity index (χ4v) is 4.22. The zero-order valence-corrected chi connectivity index (χ0v) is 19.1. The molecule has 0 atom stereocenters. The molecule has 1 N–H and O–H groups in total. The Balaban J connectivity index is 1.58. The molecule has 1 amide bonds. The average molecular weight is 477 g/mol. The van der Waals surface area contributed by atoms with E-state index in [1.54, 1.807) is 46.6 Å². The minimum Gasteiger partial charge on any atom is -0.497 e. The quantitative estimate of drug-likeness (QED) is 0.414. The summed E-state index contributed by atoms with van der Waals surface area (Å²) in [5, 5.41) is 7.41. The van der Waals surface area contributed by atoms with Crippen LogP contribution in [0.15, 0.2) is 48.7 Å². The SMILES string of the molecule is COc1ccc2nc(-n3ccc(NC(=O)c4ccc([N+](C)(C)C)c(C(F)(F)F)c4)n3)sc2c1. The number of nitrogens with zero attached hydrogens (tertiary/aromatic N) is 4. The monoisotopic (exact) mass is 476 g/mol. The first-order valence-corrected chi connectivity index (χ1v) is 10.6. The maximum absolute atomic E-state index is 13.6. The number of methoxy groups -OCH3 is 1. The highest BCUT2D eigenvalue weighted by molar-refractivity contribution is 7.20. The summed E-state index contributed by atoms with van der Waals surface area (Å²) in [6, 6.07) is 10.6. The highest BCUT2D eigenvalue weighted by atomic mass is 32.1. The van der Waals surface area contributed by atoms with Crippen molar-refractivity contribution in [3.05, 3.63) is 59.8 Å². The van der Waals surface area contributed by atoms with E-state index < -0.39 is 17.6 Å². The summed E-state index contributed by atoms with van der Waals surface area (Å²) in [7, 11) is 6.48. The van der Waals surface area contributed by atoms with Crippen molar-refractivity contribution >= 4 is 39.0 Å². The fraction of sp³-hybridized carbons (Fsp3) is 0.227. The molecule has 4 rings (SSSR count). The van der Waals surface area contributed by atoms with Gasteiger partial charge in [-0.25, -0.2) is 9.67 Å². The van der Waals surface area contributed by atoms with Crippen LogP contribution in [-0.2, 0) is 6.18 Å². The van der Waals surface area contributed by atoms with Gasteiger partial charge in [-0.15, -0.1) is 5.10 Å². The van der Waals surface area contributed by atoms with Gasteiger partial charge in [-0.2, -0.15) is 13.2 Å². The van der Waals surface area contributed by atoms with E-state index in [1.165, 1.54) is 28.2 Å². The van der Waals surface area contributed by atoms with Crippen molar-refractivity contribution in [1.29, 1.82) is 0 Å². The molecule has 7 nitrogen and oxygen atoms in total. The highest BCUT2D eigenvalue weighted by Crippen LogP contribution is 2.38. The third kappa shape index (κ3) is 4.69. The molecular formula is C22H21F3N5O2S+. The number of benzene rings is 2. The number of carbonyl (C=O) groups is 1. The predicted molar refractivity (Wildman–Crippen MR) is 122 cm³/mol. The smallest absolute Gasteiger partial charge is 0.422 e. The number of thiazole rings is 1. The molecule has 4 aromatic rings. The van der Waals surface area contributed by atoms with Crippen LogP contribution in [0.5, 0.6) is 5.75 Å². The Labute approximate surface area is 191 Å². The number of aromatic nitrogens is 3. The largest absolute Gasteiger partial charge is 0.497 e. The number of halogens is 3. The number of fused-ring (bicyclic) bond motifs is 1. The molecule has 0 aliphatic heterocycles. The zero-order chi connectivity index (χ0) is 24.0. The van der Waals surface area contributed by atoms with Crippen LogP contribution in [0, 0.1) is 0 Å². The second kappa shape index (κ2) is 8.16. The molecule has 0 aliphatic rings. The Kier molecular flexibility index (Phi) is 5.62. The average Bonchev–Trinajstić information content (AvgIpc) is 3.38. The van der Waals surface area contributed by atoms with Gasteiger partial charge in [0.05, 0.1) is 38.5 Å². The van der Waals surface area contributed by atoms with E-state index in [2.05, 4.69) is 15.4 Å². The maximum atomic E-state index is 13.6. The van der Waals surface area contributed by atoms with Gasteiger partial charge in [-0.3, -0.25) is 9.28 Å². The molecule has 33 heavy (non-hydrogen) atoms. The van der Waals surface area contributed by atoms with E-state index in [1.807, 2.05) is 12.1 Å². The number of ether oxygens (including phenoxy) is 1. The minimum atomic E-state index is -4.59. The molecular weight excluding hydrogens is 455 g/mol. The van der Waals surface area contributed by atoms with Crippen molar-refractivity contribution in [3.8, 4) is 10.9 Å². The van der Waals surface area contributed by atoms with Crippen LogP contribution in [0.4, 0.5) is 24.7 Å². The number of nitrogens with one attached hydrogen (secondary N) is 1. The number of anilines is 1. The molecule has 0 fully saturated rings. The van der Waals surface area contributed by atoms with Gasteiger partial charge in [0.1, 0.15) is 17.0 Å². The first-order valence-electron chi connectivity index (χ1n) is 9.81. The van der Waals surface area contributed by atoms with E-state index in [0.717, 1.165) is 16.3 Å². The van der Waals surface area contributed by atoms with Crippen LogP contribution in [0.2, 0.25) is 0 Å². The van der Waals surface area contributed by atoms with Crippen molar-refractivity contribution in [2.75, 3.05) is 33.6 Å². The van der Waals surface area contributed by atoms with Gasteiger partial charge in [0.15, 0.2) is 5.82 Å². The summed E-state index contributed by atoms with van der Waals surface area (Å²) in [5.41, 5.74) is -0.121. The number of rotatable bonds is 5. The Morgan fingerprint density at radius 3 is 2.55 bits per heavy atom. The molecule has 172 valence electrons. The van der Waals surface area contributed by atoms with E-state index in [9.17, 15) is 18.0 Å². The molecule has 2 aromatic carbocycles. The predicted octanol–water partition coefficient (Wildman–Crippen LogP) is 4.96. The lowest BCUT2D eigenvalue weighted by molar-refractivity contribution is -0.137. The second-order valence-electron chi connectivity index (χ2n) is 8.17. The minimum absolute atomic E-state index is 0.0325. The maximum Gasteiger partial charge on any atom is 0.422 e. The third-order valence-corrected chi connectivity index (χ3v) is 5.91. The summed E-state index contributed by atoms with van der Waals surface area (Å²) in [6.45, 7) is 0. The summed E-state index contributed by atoms with van der Waals surface area (Å²) >= 11 is 1.39. The van der Waals surface area contributed by atoms with Crippen LogP contribution in [0.3, 0.4) is 0 Å². The van der Waals surface area contributed by atoms with Gasteiger partial charge in [-0.1, -0.05) is 11.3 Å². The molecule has 0 aliphatic carbocycles. The van der Waals surface area contributed by atoms with Gasteiger partial charge in [0.25, 0.3) is 5.91 Å². The third-order valence-electron chi connectivity index (χ3n) is 4.90. The van der Waals surface area contributed by atoms with E-state index in [0.29, 0.717) is 10.9 Å². The molecule has 0 saturated carbocycles. The number of alkyl halides is 3. The Bertz CT molecular complexity index is 1340. The van der Waals surface area contributed by atoms with Crippen molar-refractivity contribution in [2.45, 2.75) is 6.18 Å². The summed E-state index contributed by atoms with van der Waals surface area (Å²) < 4.78 is 48.4. The van der Waals surface area contributed by atoms with Crippen molar-refractivity contribution in [2.24, 2.45) is 0 Å². The molecule has 0 saturated heterocycles. The van der Waals surface area contributed by atoms with Crippen LogP contribution >= 0.6 is 11.3 Å². The fourth-order valence-electron chi connectivity index (χ4n) is 3.29. The first kappa shape index (κ1) is 22.7. The molecule has 0 unspecified atom stereocenters. The topological polar surface area (TPSA) is 69.0 Å². The Morgan fingerprint density at radius 1 is 1.12 bits per heavy atom. The molecule has 0 spiro atoms. The van der Waals surface area contributed by atoms with Crippen molar-refractivity contribution in [3.63, 3.8) is 0 Å². The normalized spacial score (nSPS) is 12.2. The van der Waals surface area contributed by atoms with E-state index >= 15 is 0 Å². The molecule has 11 heteroatoms. The van der Waals surface area contributed by atoms with E-state index in [4.69, 9.17) is 4.74 Å². The van der Waals surface area contributed by atoms with Crippen LogP contribution in [-0.4, -0.2) is 48.9 Å². The molecule has 2 aromatic heterocycles. The molecule has 0 bridgehead atoms. The lowest BCUT2D eigenvalue weighted by Gasteiger charge is -2.27. The van der Waals surface area contributed by atoms with Gasteiger partial charge in [0.2, 0.25) is 5.13 Å². The Hall–Kier alpha value is -3.44. The number of quaternary nitrogens is 1. The standard InChI is InChI=1S/C22H20F3N5O2S/c1-30(2,3)17-8-5-13(11-15(17)22(23,24)25)20(31)27-19-9-10-29(28-19)21-26-16-7-6-14(32-4)12-18(16)33-21/h5-12H,1-4H3/p+1. The van der Waals surface area contributed by atoms with Gasteiger partial charge < -0.3 is 10.1 Å². The molecule has 2 heterocycles. The zero-order valence-electron chi connectivity index (χ0n) is 18.3. The van der Waals surface area contributed by atoms with Crippen molar-refractivity contribution in [1.82, 2.24) is 19.2 Å². The van der Waals surface area contributed by atoms with Crippen molar-refractivity contribution < 1.29 is 22.7 Å². The summed E-state index contributed by atoms with van der Waals surface area (Å²) in [4.78, 5) is 17.2. The Morgan fingerprint density at radius 2 is 1.88 bits per heavy atom. The number of carbonyl (C=O) groups excluding carboxylic acids is 1. The van der Waals surface area contributed by atoms with Crippen LogP contribution in [0.1, 0.15) is 15.9 Å². The molecule has 0 radical (unpaired) electrons. The number of hydrogen-bond donors (Lipinski definition) is 1. The lowest BCUT2D eigenvalue weighted by atomic mass is 10.1.